The molecule has 0 fully saturated rings. The topological polar surface area (TPSA) is 86.7 Å². The maximum Gasteiger partial charge on any atom is 0.273 e. The van der Waals surface area contributed by atoms with E-state index in [0.29, 0.717) is 21.6 Å². The first-order valence-electron chi connectivity index (χ1n) is 6.92. The molecule has 0 atom stereocenters. The third kappa shape index (κ3) is 2.33. The number of aromatic nitrogens is 5. The van der Waals surface area contributed by atoms with Crippen LogP contribution in [0.25, 0.3) is 21.5 Å². The SMILES string of the molecule is Cc1nonc1Cn1cnc2c(-c3ccccc3)nsc2c1=O. The molecule has 8 heteroatoms. The lowest BCUT2D eigenvalue weighted by Crippen LogP contribution is -2.20. The molecule has 0 saturated carbocycles. The average molecular weight is 325 g/mol. The first kappa shape index (κ1) is 13.8. The second-order valence-electron chi connectivity index (χ2n) is 5.05. The highest BCUT2D eigenvalue weighted by Crippen LogP contribution is 2.26. The quantitative estimate of drug-likeness (QED) is 0.574. The Labute approximate surface area is 134 Å². The van der Waals surface area contributed by atoms with E-state index in [9.17, 15) is 4.79 Å². The molecule has 0 amide bonds. The summed E-state index contributed by atoms with van der Waals surface area (Å²) in [6, 6.07) is 9.70. The number of rotatable bonds is 3. The molecule has 0 N–H and O–H groups in total. The number of hydrogen-bond donors (Lipinski definition) is 0. The Kier molecular flexibility index (Phi) is 3.23. The molecule has 1 aromatic carbocycles. The van der Waals surface area contributed by atoms with E-state index in [-0.39, 0.29) is 12.1 Å². The van der Waals surface area contributed by atoms with E-state index in [4.69, 9.17) is 0 Å². The minimum atomic E-state index is -0.142. The number of aryl methyl sites for hydroxylation is 1. The normalized spacial score (nSPS) is 11.2. The zero-order chi connectivity index (χ0) is 15.8. The van der Waals surface area contributed by atoms with Gasteiger partial charge in [0, 0.05) is 5.56 Å². The highest BCUT2D eigenvalue weighted by molar-refractivity contribution is 7.13. The fourth-order valence-electron chi connectivity index (χ4n) is 2.31. The van der Waals surface area contributed by atoms with Crippen LogP contribution in [0.15, 0.2) is 46.1 Å². The molecule has 4 rings (SSSR count). The van der Waals surface area contributed by atoms with E-state index < -0.39 is 0 Å². The molecule has 0 aliphatic carbocycles. The molecule has 0 saturated heterocycles. The van der Waals surface area contributed by atoms with Crippen LogP contribution in [0, 0.1) is 6.92 Å². The third-order valence-corrected chi connectivity index (χ3v) is 4.39. The van der Waals surface area contributed by atoms with Crippen molar-refractivity contribution in [1.29, 1.82) is 0 Å². The van der Waals surface area contributed by atoms with Crippen LogP contribution in [0.5, 0.6) is 0 Å². The molecule has 7 nitrogen and oxygen atoms in total. The lowest BCUT2D eigenvalue weighted by molar-refractivity contribution is 0.300. The molecule has 0 spiro atoms. The molecular formula is C15H11N5O2S. The van der Waals surface area contributed by atoms with Gasteiger partial charge in [-0.25, -0.2) is 9.61 Å². The van der Waals surface area contributed by atoms with E-state index in [1.165, 1.54) is 10.9 Å². The molecule has 0 unspecified atom stereocenters. The summed E-state index contributed by atoms with van der Waals surface area (Å²) in [6.45, 7) is 2.05. The zero-order valence-electron chi connectivity index (χ0n) is 12.1. The van der Waals surface area contributed by atoms with Crippen LogP contribution in [0.2, 0.25) is 0 Å². The maximum atomic E-state index is 12.6. The Hall–Kier alpha value is -2.87. The van der Waals surface area contributed by atoms with E-state index in [1.807, 2.05) is 30.3 Å². The monoisotopic (exact) mass is 325 g/mol. The number of nitrogens with zero attached hydrogens (tertiary/aromatic N) is 5. The van der Waals surface area contributed by atoms with Crippen molar-refractivity contribution in [2.24, 2.45) is 0 Å². The van der Waals surface area contributed by atoms with Crippen molar-refractivity contribution in [1.82, 2.24) is 24.2 Å². The van der Waals surface area contributed by atoms with E-state index in [2.05, 4.69) is 24.3 Å². The van der Waals surface area contributed by atoms with Crippen LogP contribution in [-0.2, 0) is 6.54 Å². The molecule has 0 aliphatic heterocycles. The standard InChI is InChI=1S/C15H11N5O2S/c1-9-11(18-22-17-9)7-20-8-16-13-12(10-5-3-2-4-6-10)19-23-14(13)15(20)21/h2-6,8H,7H2,1H3. The van der Waals surface area contributed by atoms with Gasteiger partial charge in [-0.1, -0.05) is 40.6 Å². The summed E-state index contributed by atoms with van der Waals surface area (Å²) in [7, 11) is 0. The van der Waals surface area contributed by atoms with Crippen molar-refractivity contribution in [3.05, 3.63) is 58.4 Å². The van der Waals surface area contributed by atoms with Crippen LogP contribution in [0.3, 0.4) is 0 Å². The predicted octanol–water partition coefficient (Wildman–Crippen LogP) is 2.26. The van der Waals surface area contributed by atoms with Crippen LogP contribution in [0.4, 0.5) is 0 Å². The van der Waals surface area contributed by atoms with Crippen molar-refractivity contribution >= 4 is 21.7 Å². The summed E-state index contributed by atoms with van der Waals surface area (Å²) in [6.07, 6.45) is 1.51. The lowest BCUT2D eigenvalue weighted by Gasteiger charge is -2.02. The van der Waals surface area contributed by atoms with E-state index in [0.717, 1.165) is 22.8 Å². The molecule has 0 radical (unpaired) electrons. The lowest BCUT2D eigenvalue weighted by atomic mass is 10.1. The van der Waals surface area contributed by atoms with Gasteiger partial charge < -0.3 is 0 Å². The third-order valence-electron chi connectivity index (χ3n) is 3.56. The molecule has 4 aromatic rings. The predicted molar refractivity (Wildman–Crippen MR) is 85.2 cm³/mol. The van der Waals surface area contributed by atoms with E-state index >= 15 is 0 Å². The van der Waals surface area contributed by atoms with Crippen molar-refractivity contribution in [2.45, 2.75) is 13.5 Å². The Morgan fingerprint density at radius 3 is 2.78 bits per heavy atom. The summed E-state index contributed by atoms with van der Waals surface area (Å²) >= 11 is 1.16. The minimum Gasteiger partial charge on any atom is -0.292 e. The maximum absolute atomic E-state index is 12.6. The zero-order valence-corrected chi connectivity index (χ0v) is 12.9. The second kappa shape index (κ2) is 5.40. The van der Waals surface area contributed by atoms with Crippen molar-refractivity contribution in [2.75, 3.05) is 0 Å². The number of hydrogen-bond acceptors (Lipinski definition) is 7. The van der Waals surface area contributed by atoms with E-state index in [1.54, 1.807) is 6.92 Å². The first-order valence-corrected chi connectivity index (χ1v) is 7.69. The van der Waals surface area contributed by atoms with Gasteiger partial charge in [-0.05, 0) is 18.5 Å². The number of fused-ring (bicyclic) bond motifs is 1. The van der Waals surface area contributed by atoms with Gasteiger partial charge in [-0.3, -0.25) is 9.36 Å². The summed E-state index contributed by atoms with van der Waals surface area (Å²) in [5, 5.41) is 7.52. The van der Waals surface area contributed by atoms with Crippen molar-refractivity contribution in [3.63, 3.8) is 0 Å². The molecular weight excluding hydrogens is 314 g/mol. The number of benzene rings is 1. The summed E-state index contributed by atoms with van der Waals surface area (Å²) < 4.78 is 11.1. The summed E-state index contributed by atoms with van der Waals surface area (Å²) in [5.74, 6) is 0. The summed E-state index contributed by atoms with van der Waals surface area (Å²) in [5.41, 5.74) is 3.43. The van der Waals surface area contributed by atoms with Crippen molar-refractivity contribution < 1.29 is 4.63 Å². The largest absolute Gasteiger partial charge is 0.292 e. The molecule has 3 heterocycles. The van der Waals surface area contributed by atoms with Gasteiger partial charge >= 0.3 is 0 Å². The first-order chi connectivity index (χ1) is 11.2. The van der Waals surface area contributed by atoms with Gasteiger partial charge in [0.15, 0.2) is 0 Å². The molecule has 114 valence electrons. The van der Waals surface area contributed by atoms with Crippen LogP contribution in [-0.4, -0.2) is 24.2 Å². The Morgan fingerprint density at radius 1 is 1.22 bits per heavy atom. The van der Waals surface area contributed by atoms with Gasteiger partial charge in [-0.2, -0.15) is 4.37 Å². The molecule has 3 aromatic heterocycles. The fraction of sp³-hybridized carbons (Fsp3) is 0.133. The second-order valence-corrected chi connectivity index (χ2v) is 5.82. The molecule has 0 aliphatic rings. The van der Waals surface area contributed by atoms with Crippen molar-refractivity contribution in [3.8, 4) is 11.3 Å². The van der Waals surface area contributed by atoms with Gasteiger partial charge in [-0.15, -0.1) is 0 Å². The molecule has 0 bridgehead atoms. The Bertz CT molecular complexity index is 1030. The van der Waals surface area contributed by atoms with Crippen LogP contribution < -0.4 is 5.56 Å². The average Bonchev–Trinajstić information content (AvgIpc) is 3.18. The highest BCUT2D eigenvalue weighted by atomic mass is 32.1. The van der Waals surface area contributed by atoms with Crippen LogP contribution >= 0.6 is 11.5 Å². The highest BCUT2D eigenvalue weighted by Gasteiger charge is 2.15. The Balaban J connectivity index is 1.81. The Morgan fingerprint density at radius 2 is 2.04 bits per heavy atom. The fourth-order valence-corrected chi connectivity index (χ4v) is 3.11. The van der Waals surface area contributed by atoms with Gasteiger partial charge in [0.2, 0.25) is 0 Å². The molecule has 23 heavy (non-hydrogen) atoms. The smallest absolute Gasteiger partial charge is 0.273 e. The van der Waals surface area contributed by atoms with Gasteiger partial charge in [0.1, 0.15) is 27.3 Å². The minimum absolute atomic E-state index is 0.142. The van der Waals surface area contributed by atoms with Gasteiger partial charge in [0.05, 0.1) is 12.9 Å². The summed E-state index contributed by atoms with van der Waals surface area (Å²) in [4.78, 5) is 17.0. The van der Waals surface area contributed by atoms with Crippen LogP contribution in [0.1, 0.15) is 11.4 Å². The van der Waals surface area contributed by atoms with Gasteiger partial charge in [0.25, 0.3) is 5.56 Å².